The van der Waals surface area contributed by atoms with Crippen molar-refractivity contribution in [2.75, 3.05) is 58.2 Å². The van der Waals surface area contributed by atoms with Crippen LogP contribution in [0.1, 0.15) is 16.7 Å². The lowest BCUT2D eigenvalue weighted by Gasteiger charge is -2.32. The predicted molar refractivity (Wildman–Crippen MR) is 129 cm³/mol. The molecule has 160 valence electrons. The number of anilines is 1. The number of aliphatic imine (C=N–C) groups is 1. The Kier molecular flexibility index (Phi) is 6.83. The molecule has 0 unspecified atom stereocenters. The van der Waals surface area contributed by atoms with E-state index < -0.39 is 0 Å². The van der Waals surface area contributed by atoms with Crippen LogP contribution in [0.25, 0.3) is 0 Å². The molecule has 0 radical (unpaired) electrons. The van der Waals surface area contributed by atoms with Crippen LogP contribution in [0, 0.1) is 11.3 Å². The van der Waals surface area contributed by atoms with Crippen molar-refractivity contribution in [3.05, 3.63) is 58.1 Å². The monoisotopic (exact) mass is 453 g/mol. The molecule has 2 aromatic carbocycles. The lowest BCUT2D eigenvalue weighted by molar-refractivity contribution is 0.133. The fourth-order valence-corrected chi connectivity index (χ4v) is 4.15. The SMILES string of the molecule is CN1CCN(CCOc2cc3c(cc2C#N)C(c2ccccc2Cl)=NCC(=S)N3)CC1. The number of fused-ring (bicyclic) bond motifs is 1. The third-order valence-corrected chi connectivity index (χ3v) is 6.10. The summed E-state index contributed by atoms with van der Waals surface area (Å²) in [5, 5.41) is 13.6. The van der Waals surface area contributed by atoms with Crippen LogP contribution in [0.4, 0.5) is 5.69 Å². The van der Waals surface area contributed by atoms with Gasteiger partial charge in [-0.25, -0.2) is 0 Å². The summed E-state index contributed by atoms with van der Waals surface area (Å²) in [5.41, 5.74) is 3.55. The molecular formula is C23H24ClN5OS. The lowest BCUT2D eigenvalue weighted by atomic mass is 9.98. The van der Waals surface area contributed by atoms with Crippen LogP contribution in [-0.4, -0.2) is 73.4 Å². The standard InChI is InChI=1S/C23H24ClN5OS/c1-28-6-8-29(9-7-28)10-11-30-21-13-20-18(12-16(21)14-25)23(26-15-22(31)27-20)17-4-2-3-5-19(17)24/h2-5,12-13H,6-11,15H2,1H3,(H,27,31). The number of likely N-dealkylation sites (N-methyl/N-ethyl adjacent to an activating group) is 1. The summed E-state index contributed by atoms with van der Waals surface area (Å²) < 4.78 is 6.04. The van der Waals surface area contributed by atoms with Gasteiger partial charge in [0, 0.05) is 54.9 Å². The predicted octanol–water partition coefficient (Wildman–Crippen LogP) is 3.43. The number of ether oxygens (including phenoxy) is 1. The maximum absolute atomic E-state index is 9.77. The van der Waals surface area contributed by atoms with Gasteiger partial charge >= 0.3 is 0 Å². The van der Waals surface area contributed by atoms with Crippen LogP contribution in [0.5, 0.6) is 5.75 Å². The maximum atomic E-state index is 9.77. The van der Waals surface area contributed by atoms with Crippen molar-refractivity contribution in [2.24, 2.45) is 4.99 Å². The fourth-order valence-electron chi connectivity index (χ4n) is 3.75. The zero-order valence-corrected chi connectivity index (χ0v) is 19.0. The minimum atomic E-state index is 0.353. The third kappa shape index (κ3) is 5.05. The van der Waals surface area contributed by atoms with Gasteiger partial charge in [-0.05, 0) is 19.2 Å². The first-order valence-corrected chi connectivity index (χ1v) is 11.0. The molecule has 1 saturated heterocycles. The number of nitriles is 1. The molecule has 0 saturated carbocycles. The zero-order chi connectivity index (χ0) is 21.8. The summed E-state index contributed by atoms with van der Waals surface area (Å²) in [6, 6.07) is 13.5. The molecule has 2 aliphatic rings. The molecule has 0 atom stereocenters. The molecule has 2 heterocycles. The molecule has 2 aromatic rings. The first kappa shape index (κ1) is 21.7. The molecule has 4 rings (SSSR count). The van der Waals surface area contributed by atoms with Gasteiger partial charge in [0.25, 0.3) is 0 Å². The van der Waals surface area contributed by atoms with Gasteiger partial charge in [0.15, 0.2) is 0 Å². The minimum absolute atomic E-state index is 0.353. The van der Waals surface area contributed by atoms with Crippen LogP contribution in [-0.2, 0) is 0 Å². The van der Waals surface area contributed by atoms with Gasteiger partial charge in [0.1, 0.15) is 23.4 Å². The molecule has 1 fully saturated rings. The van der Waals surface area contributed by atoms with Crippen LogP contribution >= 0.6 is 23.8 Å². The molecular weight excluding hydrogens is 430 g/mol. The van der Waals surface area contributed by atoms with Gasteiger partial charge in [-0.3, -0.25) is 9.89 Å². The summed E-state index contributed by atoms with van der Waals surface area (Å²) in [4.78, 5) is 9.99. The first-order valence-electron chi connectivity index (χ1n) is 10.3. The fraction of sp³-hybridized carbons (Fsp3) is 0.348. The smallest absolute Gasteiger partial charge is 0.139 e. The summed E-state index contributed by atoms with van der Waals surface area (Å²) in [6.45, 7) is 5.89. The van der Waals surface area contributed by atoms with E-state index in [9.17, 15) is 5.26 Å². The Morgan fingerprint density at radius 3 is 2.71 bits per heavy atom. The molecule has 0 spiro atoms. The van der Waals surface area contributed by atoms with Gasteiger partial charge < -0.3 is 15.0 Å². The second kappa shape index (κ2) is 9.75. The molecule has 2 aliphatic heterocycles. The van der Waals surface area contributed by atoms with E-state index in [0.717, 1.165) is 49.5 Å². The Morgan fingerprint density at radius 2 is 1.97 bits per heavy atom. The number of nitrogens with zero attached hydrogens (tertiary/aromatic N) is 4. The van der Waals surface area contributed by atoms with Gasteiger partial charge in [-0.1, -0.05) is 42.0 Å². The van der Waals surface area contributed by atoms with E-state index in [1.54, 1.807) is 0 Å². The van der Waals surface area contributed by atoms with E-state index in [2.05, 4.69) is 33.2 Å². The van der Waals surface area contributed by atoms with Crippen LogP contribution in [0.15, 0.2) is 41.4 Å². The lowest BCUT2D eigenvalue weighted by Crippen LogP contribution is -2.45. The Bertz CT molecular complexity index is 1060. The normalized spacial score (nSPS) is 17.2. The van der Waals surface area contributed by atoms with E-state index in [1.165, 1.54) is 0 Å². The van der Waals surface area contributed by atoms with E-state index in [1.807, 2.05) is 36.4 Å². The minimum Gasteiger partial charge on any atom is -0.491 e. The number of thiocarbonyl (C=S) groups is 1. The average Bonchev–Trinajstić information content (AvgIpc) is 2.92. The Morgan fingerprint density at radius 1 is 1.19 bits per heavy atom. The van der Waals surface area contributed by atoms with Crippen molar-refractivity contribution in [3.8, 4) is 11.8 Å². The van der Waals surface area contributed by atoms with Gasteiger partial charge in [0.05, 0.1) is 23.5 Å². The second-order valence-electron chi connectivity index (χ2n) is 7.69. The number of nitrogens with one attached hydrogen (secondary N) is 1. The number of piperazine rings is 1. The van der Waals surface area contributed by atoms with Crippen LogP contribution in [0.3, 0.4) is 0 Å². The van der Waals surface area contributed by atoms with Crippen LogP contribution in [0.2, 0.25) is 5.02 Å². The van der Waals surface area contributed by atoms with Crippen molar-refractivity contribution in [3.63, 3.8) is 0 Å². The molecule has 31 heavy (non-hydrogen) atoms. The molecule has 1 N–H and O–H groups in total. The number of hydrogen-bond acceptors (Lipinski definition) is 6. The Hall–Kier alpha value is -2.50. The number of halogens is 1. The first-order chi connectivity index (χ1) is 15.0. The maximum Gasteiger partial charge on any atom is 0.139 e. The average molecular weight is 454 g/mol. The van der Waals surface area contributed by atoms with E-state index >= 15 is 0 Å². The van der Waals surface area contributed by atoms with Gasteiger partial charge in [0.2, 0.25) is 0 Å². The van der Waals surface area contributed by atoms with E-state index in [0.29, 0.717) is 40.2 Å². The van der Waals surface area contributed by atoms with Gasteiger partial charge in [-0.15, -0.1) is 0 Å². The second-order valence-corrected chi connectivity index (χ2v) is 8.59. The quantitative estimate of drug-likeness (QED) is 0.700. The summed E-state index contributed by atoms with van der Waals surface area (Å²) >= 11 is 11.9. The largest absolute Gasteiger partial charge is 0.491 e. The zero-order valence-electron chi connectivity index (χ0n) is 17.4. The summed E-state index contributed by atoms with van der Waals surface area (Å²) in [5.74, 6) is 0.547. The van der Waals surface area contributed by atoms with Crippen molar-refractivity contribution in [1.29, 1.82) is 5.26 Å². The number of benzodiazepines with no additional fused rings is 1. The highest BCUT2D eigenvalue weighted by molar-refractivity contribution is 7.80. The summed E-state index contributed by atoms with van der Waals surface area (Å²) in [7, 11) is 2.14. The van der Waals surface area contributed by atoms with E-state index in [-0.39, 0.29) is 0 Å². The molecule has 8 heteroatoms. The highest BCUT2D eigenvalue weighted by Gasteiger charge is 2.22. The summed E-state index contributed by atoms with van der Waals surface area (Å²) in [6.07, 6.45) is 0. The van der Waals surface area contributed by atoms with E-state index in [4.69, 9.17) is 28.6 Å². The molecule has 0 amide bonds. The molecule has 0 bridgehead atoms. The number of benzene rings is 2. The molecule has 0 aliphatic carbocycles. The molecule has 6 nitrogen and oxygen atoms in total. The van der Waals surface area contributed by atoms with Crippen molar-refractivity contribution in [2.45, 2.75) is 0 Å². The highest BCUT2D eigenvalue weighted by Crippen LogP contribution is 2.32. The Balaban J connectivity index is 1.59. The van der Waals surface area contributed by atoms with Crippen molar-refractivity contribution in [1.82, 2.24) is 9.80 Å². The highest BCUT2D eigenvalue weighted by atomic mass is 35.5. The van der Waals surface area contributed by atoms with Crippen molar-refractivity contribution < 1.29 is 4.74 Å². The van der Waals surface area contributed by atoms with Crippen LogP contribution < -0.4 is 10.1 Å². The number of hydrogen-bond donors (Lipinski definition) is 1. The Labute approximate surface area is 193 Å². The topological polar surface area (TPSA) is 63.9 Å². The van der Waals surface area contributed by atoms with Gasteiger partial charge in [-0.2, -0.15) is 5.26 Å². The van der Waals surface area contributed by atoms with Crippen molar-refractivity contribution >= 4 is 40.2 Å². The molecule has 0 aromatic heterocycles. The third-order valence-electron chi connectivity index (χ3n) is 5.54. The number of rotatable bonds is 5.